The molecule has 1 heterocycles. The Morgan fingerprint density at radius 3 is 1.70 bits per heavy atom. The number of carbonyl (C=O) groups is 8. The van der Waals surface area contributed by atoms with E-state index in [2.05, 4.69) is 26.6 Å². The second-order valence-electron chi connectivity index (χ2n) is 14.2. The Balaban J connectivity index is 2.95. The molecule has 284 valence electrons. The first-order valence-corrected chi connectivity index (χ1v) is 17.2. The summed E-state index contributed by atoms with van der Waals surface area (Å²) in [7, 11) is 0. The van der Waals surface area contributed by atoms with Gasteiger partial charge in [0.2, 0.25) is 41.4 Å². The molecule has 1 aliphatic heterocycles. The molecule has 1 saturated heterocycles. The lowest BCUT2D eigenvalue weighted by Crippen LogP contribution is -2.59. The van der Waals surface area contributed by atoms with Crippen molar-refractivity contribution in [3.8, 4) is 0 Å². The molecular formula is C33H58N8O9. The van der Waals surface area contributed by atoms with Crippen LogP contribution in [0.3, 0.4) is 0 Å². The van der Waals surface area contributed by atoms with Gasteiger partial charge in [0.15, 0.2) is 0 Å². The molecule has 0 radical (unpaired) electrons. The number of amides is 7. The minimum absolute atomic E-state index is 0.0569. The highest BCUT2D eigenvalue weighted by atomic mass is 16.4. The first kappa shape index (κ1) is 43.7. The topological polar surface area (TPSA) is 272 Å². The Labute approximate surface area is 294 Å². The maximum atomic E-state index is 13.6. The number of hydrogen-bond acceptors (Lipinski definition) is 9. The summed E-state index contributed by atoms with van der Waals surface area (Å²) >= 11 is 0. The van der Waals surface area contributed by atoms with E-state index in [9.17, 15) is 43.5 Å². The van der Waals surface area contributed by atoms with Crippen LogP contribution in [0.15, 0.2) is 0 Å². The maximum Gasteiger partial charge on any atom is 0.326 e. The van der Waals surface area contributed by atoms with Crippen LogP contribution in [0.25, 0.3) is 0 Å². The minimum Gasteiger partial charge on any atom is -0.480 e. The van der Waals surface area contributed by atoms with E-state index >= 15 is 0 Å². The van der Waals surface area contributed by atoms with Crippen molar-refractivity contribution in [1.82, 2.24) is 31.5 Å². The molecule has 50 heavy (non-hydrogen) atoms. The number of hydrogen-bond donors (Lipinski definition) is 8. The van der Waals surface area contributed by atoms with Gasteiger partial charge < -0.3 is 48.1 Å². The van der Waals surface area contributed by atoms with E-state index in [1.165, 1.54) is 18.7 Å². The SMILES string of the molecule is CC(C)C[C@H](NC(=O)[C@H](C)NC(=O)[C@@H]1CCCN1C(=O)[C@H](CC(C)C)NC(=O)[C@@H](N)C(C)C)C(=O)N[C@@H](C)C(=O)N[C@@H](CCC(N)=O)C(=O)O. The molecule has 1 fully saturated rings. The third kappa shape index (κ3) is 14.3. The van der Waals surface area contributed by atoms with Gasteiger partial charge in [0, 0.05) is 13.0 Å². The third-order valence-corrected chi connectivity index (χ3v) is 8.32. The Morgan fingerprint density at radius 2 is 1.20 bits per heavy atom. The lowest BCUT2D eigenvalue weighted by atomic mass is 10.00. The van der Waals surface area contributed by atoms with Crippen molar-refractivity contribution in [2.24, 2.45) is 29.2 Å². The fraction of sp³-hybridized carbons (Fsp3) is 0.758. The van der Waals surface area contributed by atoms with Crippen molar-refractivity contribution in [3.05, 3.63) is 0 Å². The number of rotatable bonds is 20. The van der Waals surface area contributed by atoms with E-state index in [1.54, 1.807) is 13.8 Å². The fourth-order valence-electron chi connectivity index (χ4n) is 5.36. The molecule has 0 aromatic rings. The monoisotopic (exact) mass is 710 g/mol. The highest BCUT2D eigenvalue weighted by molar-refractivity contribution is 5.97. The Hall–Kier alpha value is -4.28. The number of nitrogens with zero attached hydrogens (tertiary/aromatic N) is 1. The molecule has 0 saturated carbocycles. The van der Waals surface area contributed by atoms with Gasteiger partial charge in [-0.1, -0.05) is 41.5 Å². The largest absolute Gasteiger partial charge is 0.480 e. The Morgan fingerprint density at radius 1 is 0.700 bits per heavy atom. The van der Waals surface area contributed by atoms with Crippen LogP contribution >= 0.6 is 0 Å². The second kappa shape index (κ2) is 20.4. The van der Waals surface area contributed by atoms with Crippen LogP contribution in [0.2, 0.25) is 0 Å². The fourth-order valence-corrected chi connectivity index (χ4v) is 5.36. The summed E-state index contributed by atoms with van der Waals surface area (Å²) in [6.07, 6.45) is 0.907. The zero-order chi connectivity index (χ0) is 38.5. The second-order valence-corrected chi connectivity index (χ2v) is 14.2. The molecule has 17 nitrogen and oxygen atoms in total. The molecule has 1 rings (SSSR count). The molecule has 0 bridgehead atoms. The highest BCUT2D eigenvalue weighted by Gasteiger charge is 2.39. The van der Waals surface area contributed by atoms with Crippen molar-refractivity contribution in [3.63, 3.8) is 0 Å². The molecule has 17 heteroatoms. The summed E-state index contributed by atoms with van der Waals surface area (Å²) in [5, 5.41) is 22.1. The number of carbonyl (C=O) groups excluding carboxylic acids is 7. The average molecular weight is 711 g/mol. The van der Waals surface area contributed by atoms with Crippen LogP contribution in [0.1, 0.15) is 93.9 Å². The van der Waals surface area contributed by atoms with Gasteiger partial charge in [0.05, 0.1) is 6.04 Å². The highest BCUT2D eigenvalue weighted by Crippen LogP contribution is 2.21. The number of aliphatic carboxylic acids is 1. The zero-order valence-electron chi connectivity index (χ0n) is 30.5. The number of carboxylic acids is 1. The van der Waals surface area contributed by atoms with Gasteiger partial charge in [0.25, 0.3) is 0 Å². The summed E-state index contributed by atoms with van der Waals surface area (Å²) in [4.78, 5) is 103. The Kier molecular flexibility index (Phi) is 17.9. The smallest absolute Gasteiger partial charge is 0.326 e. The van der Waals surface area contributed by atoms with E-state index in [0.717, 1.165) is 0 Å². The summed E-state index contributed by atoms with van der Waals surface area (Å²) < 4.78 is 0. The first-order valence-electron chi connectivity index (χ1n) is 17.2. The van der Waals surface area contributed by atoms with E-state index in [0.29, 0.717) is 25.8 Å². The van der Waals surface area contributed by atoms with E-state index in [-0.39, 0.29) is 37.0 Å². The van der Waals surface area contributed by atoms with E-state index < -0.39 is 89.6 Å². The quantitative estimate of drug-likeness (QED) is 0.0753. The van der Waals surface area contributed by atoms with Crippen molar-refractivity contribution < 1.29 is 43.5 Å². The van der Waals surface area contributed by atoms with Gasteiger partial charge in [-0.2, -0.15) is 0 Å². The molecule has 0 spiro atoms. The lowest BCUT2D eigenvalue weighted by Gasteiger charge is -2.31. The molecule has 7 atom stereocenters. The molecule has 0 aromatic heterocycles. The van der Waals surface area contributed by atoms with Crippen LogP contribution in [-0.4, -0.2) is 106 Å². The predicted molar refractivity (Wildman–Crippen MR) is 184 cm³/mol. The predicted octanol–water partition coefficient (Wildman–Crippen LogP) is -1.13. The van der Waals surface area contributed by atoms with Crippen LogP contribution in [0, 0.1) is 17.8 Å². The molecule has 10 N–H and O–H groups in total. The molecular weight excluding hydrogens is 652 g/mol. The van der Waals surface area contributed by atoms with Gasteiger partial charge in [-0.15, -0.1) is 0 Å². The standard InChI is InChI=1S/C33H58N8O9/c1-16(2)14-22(29(45)36-19(7)27(43)38-21(33(49)50)11-12-25(34)42)39-28(44)20(8)37-30(46)24-10-9-13-41(24)32(48)23(15-17(3)4)40-31(47)26(35)18(5)6/h16-24,26H,9-15,35H2,1-8H3,(H2,34,42)(H,36,45)(H,37,46)(H,38,43)(H,39,44)(H,40,47)(H,49,50)/t19-,20-,21-,22-,23-,24-,26-/m0/s1. The van der Waals surface area contributed by atoms with E-state index in [1.807, 2.05) is 27.7 Å². The molecule has 0 unspecified atom stereocenters. The summed E-state index contributed by atoms with van der Waals surface area (Å²) in [6.45, 7) is 14.1. The van der Waals surface area contributed by atoms with Crippen molar-refractivity contribution in [1.29, 1.82) is 0 Å². The molecule has 7 amide bonds. The first-order chi connectivity index (χ1) is 23.2. The number of likely N-dealkylation sites (tertiary alicyclic amines) is 1. The van der Waals surface area contributed by atoms with Crippen LogP contribution in [-0.2, 0) is 38.4 Å². The molecule has 1 aliphatic rings. The van der Waals surface area contributed by atoms with Crippen molar-refractivity contribution >= 4 is 47.3 Å². The van der Waals surface area contributed by atoms with Gasteiger partial charge in [0.1, 0.15) is 36.3 Å². The number of nitrogens with one attached hydrogen (secondary N) is 5. The van der Waals surface area contributed by atoms with Crippen LogP contribution in [0.5, 0.6) is 0 Å². The average Bonchev–Trinajstić information content (AvgIpc) is 3.50. The Bertz CT molecular complexity index is 1240. The van der Waals surface area contributed by atoms with Gasteiger partial charge in [-0.3, -0.25) is 33.6 Å². The van der Waals surface area contributed by atoms with Crippen LogP contribution < -0.4 is 38.1 Å². The van der Waals surface area contributed by atoms with Gasteiger partial charge in [-0.05, 0) is 63.7 Å². The minimum atomic E-state index is -1.40. The number of carboxylic acid groups (broad SMARTS) is 1. The summed E-state index contributed by atoms with van der Waals surface area (Å²) in [6, 6.07) is -7.39. The molecule has 0 aromatic carbocycles. The molecule has 0 aliphatic carbocycles. The van der Waals surface area contributed by atoms with E-state index in [4.69, 9.17) is 11.5 Å². The summed E-state index contributed by atoms with van der Waals surface area (Å²) in [5.41, 5.74) is 11.1. The number of primary amides is 1. The van der Waals surface area contributed by atoms with Gasteiger partial charge >= 0.3 is 5.97 Å². The van der Waals surface area contributed by atoms with Gasteiger partial charge in [-0.25, -0.2) is 4.79 Å². The zero-order valence-corrected chi connectivity index (χ0v) is 30.5. The van der Waals surface area contributed by atoms with Crippen LogP contribution in [0.4, 0.5) is 0 Å². The van der Waals surface area contributed by atoms with Crippen molar-refractivity contribution in [2.45, 2.75) is 136 Å². The maximum absolute atomic E-state index is 13.6. The summed E-state index contributed by atoms with van der Waals surface area (Å²) in [5.74, 6) is -5.91. The number of nitrogens with two attached hydrogens (primary N) is 2. The lowest BCUT2D eigenvalue weighted by molar-refractivity contribution is -0.143. The third-order valence-electron chi connectivity index (χ3n) is 8.32. The van der Waals surface area contributed by atoms with Crippen molar-refractivity contribution in [2.75, 3.05) is 6.54 Å². The normalized spacial score (nSPS) is 18.0.